The molecule has 0 amide bonds. The highest BCUT2D eigenvalue weighted by Gasteiger charge is 2.15. The van der Waals surface area contributed by atoms with Gasteiger partial charge < -0.3 is 10.5 Å². The molecule has 2 N–H and O–H groups in total. The second kappa shape index (κ2) is 6.70. The van der Waals surface area contributed by atoms with Crippen molar-refractivity contribution >= 4 is 31.9 Å². The lowest BCUT2D eigenvalue weighted by molar-refractivity contribution is 0.407. The topological polar surface area (TPSA) is 35.2 Å². The van der Waals surface area contributed by atoms with Gasteiger partial charge in [-0.3, -0.25) is 0 Å². The van der Waals surface area contributed by atoms with Crippen molar-refractivity contribution in [3.05, 3.63) is 62.3 Å². The molecule has 0 spiro atoms. The summed E-state index contributed by atoms with van der Waals surface area (Å²) in [5.74, 6) is 0.453. The summed E-state index contributed by atoms with van der Waals surface area (Å²) in [4.78, 5) is 0. The predicted octanol–water partition coefficient (Wildman–Crippen LogP) is 4.60. The maximum absolute atomic E-state index is 13.8. The molecule has 0 aliphatic rings. The fraction of sp³-hybridized carbons (Fsp3) is 0.200. The lowest BCUT2D eigenvalue weighted by Gasteiger charge is -2.16. The van der Waals surface area contributed by atoms with Gasteiger partial charge in [-0.25, -0.2) is 4.39 Å². The highest BCUT2D eigenvalue weighted by molar-refractivity contribution is 9.10. The van der Waals surface area contributed by atoms with Gasteiger partial charge in [0.2, 0.25) is 0 Å². The summed E-state index contributed by atoms with van der Waals surface area (Å²) in [5.41, 5.74) is 7.56. The first kappa shape index (κ1) is 15.5. The summed E-state index contributed by atoms with van der Waals surface area (Å²) in [6, 6.07) is 10.1. The Morgan fingerprint density at radius 2 is 1.80 bits per heavy atom. The smallest absolute Gasteiger partial charge is 0.128 e. The molecule has 0 aromatic heterocycles. The highest BCUT2D eigenvalue weighted by atomic mass is 79.9. The van der Waals surface area contributed by atoms with E-state index in [1.807, 2.05) is 18.2 Å². The summed E-state index contributed by atoms with van der Waals surface area (Å²) >= 11 is 6.76. The molecule has 2 aromatic rings. The van der Waals surface area contributed by atoms with E-state index in [1.165, 1.54) is 6.07 Å². The Morgan fingerprint density at radius 1 is 1.15 bits per heavy atom. The molecule has 5 heteroatoms. The first-order chi connectivity index (χ1) is 9.51. The van der Waals surface area contributed by atoms with Crippen molar-refractivity contribution in [1.29, 1.82) is 0 Å². The molecule has 0 saturated carbocycles. The summed E-state index contributed by atoms with van der Waals surface area (Å²) in [6.07, 6.45) is 0.496. The van der Waals surface area contributed by atoms with E-state index >= 15 is 0 Å². The van der Waals surface area contributed by atoms with E-state index in [2.05, 4.69) is 31.9 Å². The zero-order chi connectivity index (χ0) is 14.7. The summed E-state index contributed by atoms with van der Waals surface area (Å²) in [6.45, 7) is 0. The maximum Gasteiger partial charge on any atom is 0.128 e. The fourth-order valence-corrected chi connectivity index (χ4v) is 2.84. The number of halogens is 3. The van der Waals surface area contributed by atoms with Gasteiger partial charge in [-0.2, -0.15) is 0 Å². The van der Waals surface area contributed by atoms with Crippen LogP contribution in [0.1, 0.15) is 17.2 Å². The highest BCUT2D eigenvalue weighted by Crippen LogP contribution is 2.29. The summed E-state index contributed by atoms with van der Waals surface area (Å²) in [5, 5.41) is 0. The minimum absolute atomic E-state index is 0.297. The molecule has 1 unspecified atom stereocenters. The number of hydrogen-bond donors (Lipinski definition) is 1. The van der Waals surface area contributed by atoms with Crippen molar-refractivity contribution in [3.8, 4) is 5.75 Å². The van der Waals surface area contributed by atoms with E-state index in [0.29, 0.717) is 12.0 Å². The zero-order valence-electron chi connectivity index (χ0n) is 10.9. The number of benzene rings is 2. The van der Waals surface area contributed by atoms with E-state index in [-0.39, 0.29) is 5.82 Å². The van der Waals surface area contributed by atoms with Gasteiger partial charge in [-0.05, 0) is 48.4 Å². The Kier molecular flexibility index (Phi) is 5.18. The van der Waals surface area contributed by atoms with Crippen LogP contribution in [-0.4, -0.2) is 7.11 Å². The molecule has 2 rings (SSSR count). The van der Waals surface area contributed by atoms with E-state index in [0.717, 1.165) is 20.3 Å². The molecule has 20 heavy (non-hydrogen) atoms. The van der Waals surface area contributed by atoms with Crippen molar-refractivity contribution in [2.24, 2.45) is 5.73 Å². The van der Waals surface area contributed by atoms with Gasteiger partial charge in [-0.15, -0.1) is 0 Å². The molecule has 2 aromatic carbocycles. The van der Waals surface area contributed by atoms with Crippen molar-refractivity contribution in [1.82, 2.24) is 0 Å². The van der Waals surface area contributed by atoms with Crippen LogP contribution in [-0.2, 0) is 6.42 Å². The molecule has 106 valence electrons. The van der Waals surface area contributed by atoms with Crippen molar-refractivity contribution in [3.63, 3.8) is 0 Å². The van der Waals surface area contributed by atoms with Gasteiger partial charge in [0.15, 0.2) is 0 Å². The molecule has 0 saturated heterocycles. The number of rotatable bonds is 4. The van der Waals surface area contributed by atoms with Gasteiger partial charge >= 0.3 is 0 Å². The fourth-order valence-electron chi connectivity index (χ4n) is 2.05. The van der Waals surface area contributed by atoms with Crippen LogP contribution in [0, 0.1) is 5.82 Å². The Hall–Kier alpha value is -0.910. The average Bonchev–Trinajstić information content (AvgIpc) is 2.41. The average molecular weight is 403 g/mol. The van der Waals surface area contributed by atoms with E-state index in [4.69, 9.17) is 10.5 Å². The van der Waals surface area contributed by atoms with Gasteiger partial charge in [0.1, 0.15) is 11.6 Å². The van der Waals surface area contributed by atoms with Crippen LogP contribution >= 0.6 is 31.9 Å². The van der Waals surface area contributed by atoms with Crippen molar-refractivity contribution in [2.45, 2.75) is 12.5 Å². The standard InChI is InChI=1S/C15H14Br2FNO/c1-20-15-5-3-10(16)6-9(15)7-14(19)12-8-11(17)2-4-13(12)18/h2-6,8,14H,7,19H2,1H3. The molecule has 0 heterocycles. The zero-order valence-corrected chi connectivity index (χ0v) is 14.0. The first-order valence-electron chi connectivity index (χ1n) is 6.04. The van der Waals surface area contributed by atoms with Crippen LogP contribution in [0.5, 0.6) is 5.75 Å². The number of hydrogen-bond acceptors (Lipinski definition) is 2. The molecule has 0 fully saturated rings. The second-order valence-electron chi connectivity index (χ2n) is 4.43. The molecule has 0 aliphatic heterocycles. The summed E-state index contributed by atoms with van der Waals surface area (Å²) in [7, 11) is 1.61. The Morgan fingerprint density at radius 3 is 2.50 bits per heavy atom. The maximum atomic E-state index is 13.8. The Bertz CT molecular complexity index is 619. The quantitative estimate of drug-likeness (QED) is 0.810. The van der Waals surface area contributed by atoms with E-state index < -0.39 is 6.04 Å². The second-order valence-corrected chi connectivity index (χ2v) is 6.26. The molecule has 0 aliphatic carbocycles. The van der Waals surface area contributed by atoms with Crippen LogP contribution < -0.4 is 10.5 Å². The van der Waals surface area contributed by atoms with Gasteiger partial charge in [0, 0.05) is 20.6 Å². The monoisotopic (exact) mass is 401 g/mol. The van der Waals surface area contributed by atoms with Gasteiger partial charge in [0.25, 0.3) is 0 Å². The van der Waals surface area contributed by atoms with Crippen LogP contribution in [0.25, 0.3) is 0 Å². The molecule has 0 radical (unpaired) electrons. The third-order valence-electron chi connectivity index (χ3n) is 3.04. The summed E-state index contributed by atoms with van der Waals surface area (Å²) < 4.78 is 20.9. The molecular formula is C15H14Br2FNO. The molecule has 2 nitrogen and oxygen atoms in total. The number of ether oxygens (including phenoxy) is 1. The minimum atomic E-state index is -0.435. The lowest BCUT2D eigenvalue weighted by Crippen LogP contribution is -2.15. The third kappa shape index (κ3) is 3.59. The van der Waals surface area contributed by atoms with Crippen LogP contribution in [0.15, 0.2) is 45.3 Å². The van der Waals surface area contributed by atoms with E-state index in [9.17, 15) is 4.39 Å². The SMILES string of the molecule is COc1ccc(Br)cc1CC(N)c1cc(Br)ccc1F. The van der Waals surface area contributed by atoms with Crippen molar-refractivity contribution in [2.75, 3.05) is 7.11 Å². The predicted molar refractivity (Wildman–Crippen MR) is 85.4 cm³/mol. The lowest BCUT2D eigenvalue weighted by atomic mass is 9.98. The molecule has 0 bridgehead atoms. The Labute approximate surface area is 134 Å². The normalized spacial score (nSPS) is 12.2. The van der Waals surface area contributed by atoms with E-state index in [1.54, 1.807) is 19.2 Å². The Balaban J connectivity index is 2.29. The minimum Gasteiger partial charge on any atom is -0.496 e. The largest absolute Gasteiger partial charge is 0.496 e. The molecule has 1 atom stereocenters. The van der Waals surface area contributed by atoms with Gasteiger partial charge in [0.05, 0.1) is 7.11 Å². The van der Waals surface area contributed by atoms with Gasteiger partial charge in [-0.1, -0.05) is 31.9 Å². The third-order valence-corrected chi connectivity index (χ3v) is 4.03. The van der Waals surface area contributed by atoms with Crippen LogP contribution in [0.2, 0.25) is 0 Å². The number of nitrogens with two attached hydrogens (primary N) is 1. The van der Waals surface area contributed by atoms with Crippen LogP contribution in [0.4, 0.5) is 4.39 Å². The van der Waals surface area contributed by atoms with Crippen molar-refractivity contribution < 1.29 is 9.13 Å². The first-order valence-corrected chi connectivity index (χ1v) is 7.63. The number of methoxy groups -OCH3 is 1. The van der Waals surface area contributed by atoms with Crippen LogP contribution in [0.3, 0.4) is 0 Å². The molecular weight excluding hydrogens is 389 g/mol.